The van der Waals surface area contributed by atoms with Crippen LogP contribution in [-0.4, -0.2) is 0 Å². The molecule has 13 heavy (non-hydrogen) atoms. The van der Waals surface area contributed by atoms with Crippen LogP contribution < -0.4 is 5.73 Å². The molecule has 0 saturated carbocycles. The molecule has 1 heterocycles. The molecule has 0 spiro atoms. The number of thiophene rings is 1. The Kier molecular flexibility index (Phi) is 4.97. The molecule has 0 radical (unpaired) electrons. The van der Waals surface area contributed by atoms with E-state index in [1.54, 1.807) is 11.3 Å². The minimum absolute atomic E-state index is 0. The Morgan fingerprint density at radius 2 is 2.08 bits per heavy atom. The zero-order chi connectivity index (χ0) is 9.19. The van der Waals surface area contributed by atoms with Crippen LogP contribution in [0.4, 0.5) is 0 Å². The predicted molar refractivity (Wildman–Crippen MR) is 62.6 cm³/mol. The van der Waals surface area contributed by atoms with Crippen LogP contribution in [0, 0.1) is 5.41 Å². The fourth-order valence-electron chi connectivity index (χ4n) is 1.26. The zero-order valence-electron chi connectivity index (χ0n) is 8.41. The summed E-state index contributed by atoms with van der Waals surface area (Å²) in [5, 5.41) is 4.22. The minimum atomic E-state index is 0. The Balaban J connectivity index is 0.00000144. The maximum Gasteiger partial charge on any atom is 0.0308 e. The summed E-state index contributed by atoms with van der Waals surface area (Å²) in [5.74, 6) is 0. The molecule has 0 amide bonds. The molecule has 1 aromatic heterocycles. The highest BCUT2D eigenvalue weighted by Gasteiger charge is 2.16. The first-order valence-electron chi connectivity index (χ1n) is 4.27. The van der Waals surface area contributed by atoms with Gasteiger partial charge in [-0.2, -0.15) is 11.3 Å². The van der Waals surface area contributed by atoms with Crippen LogP contribution >= 0.6 is 23.7 Å². The van der Waals surface area contributed by atoms with Crippen molar-refractivity contribution in [2.24, 2.45) is 11.1 Å². The lowest BCUT2D eigenvalue weighted by molar-refractivity contribution is 0.343. The molecule has 1 rings (SSSR count). The van der Waals surface area contributed by atoms with Crippen molar-refractivity contribution >= 4 is 23.7 Å². The largest absolute Gasteiger partial charge is 0.324 e. The summed E-state index contributed by atoms with van der Waals surface area (Å²) < 4.78 is 0. The topological polar surface area (TPSA) is 26.0 Å². The molecule has 3 heteroatoms. The van der Waals surface area contributed by atoms with E-state index in [0.717, 1.165) is 6.42 Å². The Bertz CT molecular complexity index is 226. The lowest BCUT2D eigenvalue weighted by Gasteiger charge is -2.22. The summed E-state index contributed by atoms with van der Waals surface area (Å²) in [7, 11) is 0. The predicted octanol–water partition coefficient (Wildman–Crippen LogP) is 3.61. The first-order valence-corrected chi connectivity index (χ1v) is 5.21. The van der Waals surface area contributed by atoms with Crippen molar-refractivity contribution in [2.45, 2.75) is 33.2 Å². The van der Waals surface area contributed by atoms with Crippen LogP contribution in [0.2, 0.25) is 0 Å². The molecule has 0 aliphatic rings. The van der Waals surface area contributed by atoms with Gasteiger partial charge < -0.3 is 5.73 Å². The van der Waals surface area contributed by atoms with Gasteiger partial charge in [0.1, 0.15) is 0 Å². The van der Waals surface area contributed by atoms with E-state index in [0.29, 0.717) is 5.41 Å². The van der Waals surface area contributed by atoms with Gasteiger partial charge in [-0.25, -0.2) is 0 Å². The van der Waals surface area contributed by atoms with E-state index in [9.17, 15) is 0 Å². The number of nitrogens with two attached hydrogens (primary N) is 1. The Labute approximate surface area is 90.8 Å². The molecule has 1 atom stereocenters. The second kappa shape index (κ2) is 4.99. The monoisotopic (exact) mass is 219 g/mol. The molecule has 0 fully saturated rings. The van der Waals surface area contributed by atoms with E-state index in [4.69, 9.17) is 5.73 Å². The van der Waals surface area contributed by atoms with Crippen molar-refractivity contribution < 1.29 is 0 Å². The summed E-state index contributed by atoms with van der Waals surface area (Å²) in [6.07, 6.45) is 1.05. The average molecular weight is 220 g/mol. The summed E-state index contributed by atoms with van der Waals surface area (Å²) in [6, 6.07) is 2.32. The van der Waals surface area contributed by atoms with Gasteiger partial charge in [-0.05, 0) is 34.2 Å². The van der Waals surface area contributed by atoms with Crippen molar-refractivity contribution in [1.29, 1.82) is 0 Å². The van der Waals surface area contributed by atoms with Crippen LogP contribution in [0.25, 0.3) is 0 Å². The molecule has 1 nitrogen and oxygen atoms in total. The standard InChI is InChI=1S/C10H17NS.ClH/c1-10(2,3)6-9(11)8-4-5-12-7-8;/h4-5,7,9H,6,11H2,1-3H3;1H. The Morgan fingerprint density at radius 3 is 2.46 bits per heavy atom. The van der Waals surface area contributed by atoms with Crippen molar-refractivity contribution in [1.82, 2.24) is 0 Å². The van der Waals surface area contributed by atoms with Gasteiger partial charge in [-0.15, -0.1) is 12.4 Å². The molecule has 0 aromatic carbocycles. The third-order valence-corrected chi connectivity index (χ3v) is 2.51. The van der Waals surface area contributed by atoms with E-state index in [-0.39, 0.29) is 18.4 Å². The third-order valence-electron chi connectivity index (χ3n) is 1.80. The van der Waals surface area contributed by atoms with Crippen molar-refractivity contribution in [3.8, 4) is 0 Å². The van der Waals surface area contributed by atoms with E-state index in [1.165, 1.54) is 5.56 Å². The Hall–Kier alpha value is -0.0500. The van der Waals surface area contributed by atoms with Gasteiger partial charge in [0.05, 0.1) is 0 Å². The zero-order valence-corrected chi connectivity index (χ0v) is 10.0. The van der Waals surface area contributed by atoms with E-state index in [1.807, 2.05) is 0 Å². The highest BCUT2D eigenvalue weighted by molar-refractivity contribution is 7.07. The molecule has 0 aliphatic heterocycles. The minimum Gasteiger partial charge on any atom is -0.324 e. The van der Waals surface area contributed by atoms with Gasteiger partial charge >= 0.3 is 0 Å². The van der Waals surface area contributed by atoms with Crippen LogP contribution in [0.5, 0.6) is 0 Å². The van der Waals surface area contributed by atoms with Gasteiger partial charge in [0.2, 0.25) is 0 Å². The lowest BCUT2D eigenvalue weighted by Crippen LogP contribution is -2.18. The first-order chi connectivity index (χ1) is 5.49. The molecule has 0 aliphatic carbocycles. The van der Waals surface area contributed by atoms with Gasteiger partial charge in [-0.1, -0.05) is 20.8 Å². The van der Waals surface area contributed by atoms with Crippen molar-refractivity contribution in [3.63, 3.8) is 0 Å². The smallest absolute Gasteiger partial charge is 0.0308 e. The summed E-state index contributed by atoms with van der Waals surface area (Å²) in [5.41, 5.74) is 7.63. The number of halogens is 1. The molecule has 0 saturated heterocycles. The van der Waals surface area contributed by atoms with Gasteiger partial charge in [0.15, 0.2) is 0 Å². The van der Waals surface area contributed by atoms with E-state index >= 15 is 0 Å². The SMILES string of the molecule is CC(C)(C)CC(N)c1ccsc1.Cl. The van der Waals surface area contributed by atoms with Gasteiger partial charge in [0, 0.05) is 6.04 Å². The Morgan fingerprint density at radius 1 is 1.46 bits per heavy atom. The number of hydrogen-bond donors (Lipinski definition) is 1. The maximum atomic E-state index is 6.03. The third kappa shape index (κ3) is 4.65. The summed E-state index contributed by atoms with van der Waals surface area (Å²) >= 11 is 1.71. The molecular formula is C10H18ClNS. The van der Waals surface area contributed by atoms with Gasteiger partial charge in [0.25, 0.3) is 0 Å². The molecule has 2 N–H and O–H groups in total. The summed E-state index contributed by atoms with van der Waals surface area (Å²) in [4.78, 5) is 0. The van der Waals surface area contributed by atoms with Gasteiger partial charge in [-0.3, -0.25) is 0 Å². The fraction of sp³-hybridized carbons (Fsp3) is 0.600. The van der Waals surface area contributed by atoms with Crippen LogP contribution in [0.1, 0.15) is 38.8 Å². The van der Waals surface area contributed by atoms with Crippen molar-refractivity contribution in [3.05, 3.63) is 22.4 Å². The normalized spacial score (nSPS) is 13.5. The summed E-state index contributed by atoms with van der Waals surface area (Å²) in [6.45, 7) is 6.66. The average Bonchev–Trinajstić information content (AvgIpc) is 2.32. The molecule has 0 bridgehead atoms. The van der Waals surface area contributed by atoms with Crippen LogP contribution in [0.3, 0.4) is 0 Å². The molecule has 1 aromatic rings. The quantitative estimate of drug-likeness (QED) is 0.808. The second-order valence-corrected chi connectivity index (χ2v) is 5.21. The highest BCUT2D eigenvalue weighted by atomic mass is 35.5. The van der Waals surface area contributed by atoms with E-state index in [2.05, 4.69) is 37.6 Å². The fourth-order valence-corrected chi connectivity index (χ4v) is 1.99. The number of rotatable bonds is 2. The van der Waals surface area contributed by atoms with Crippen LogP contribution in [-0.2, 0) is 0 Å². The molecule has 76 valence electrons. The highest BCUT2D eigenvalue weighted by Crippen LogP contribution is 2.28. The number of hydrogen-bond acceptors (Lipinski definition) is 2. The van der Waals surface area contributed by atoms with Crippen LogP contribution in [0.15, 0.2) is 16.8 Å². The second-order valence-electron chi connectivity index (χ2n) is 4.43. The first kappa shape index (κ1) is 12.9. The molecular weight excluding hydrogens is 202 g/mol. The lowest BCUT2D eigenvalue weighted by atomic mass is 9.86. The van der Waals surface area contributed by atoms with E-state index < -0.39 is 0 Å². The van der Waals surface area contributed by atoms with Crippen molar-refractivity contribution in [2.75, 3.05) is 0 Å². The molecule has 1 unspecified atom stereocenters. The maximum absolute atomic E-state index is 6.03.